The number of benzene rings is 1. The predicted molar refractivity (Wildman–Crippen MR) is 63.5 cm³/mol. The first kappa shape index (κ1) is 12.1. The molecular weight excluding hydrogens is 218 g/mol. The highest BCUT2D eigenvalue weighted by Gasteiger charge is 2.40. The van der Waals surface area contributed by atoms with Crippen LogP contribution in [0.5, 0.6) is 0 Å². The summed E-state index contributed by atoms with van der Waals surface area (Å²) in [5, 5.41) is 18.5. The zero-order chi connectivity index (χ0) is 12.5. The minimum Gasteiger partial charge on any atom is -0.481 e. The predicted octanol–water partition coefficient (Wildman–Crippen LogP) is 1.23. The van der Waals surface area contributed by atoms with Crippen LogP contribution >= 0.6 is 0 Å². The number of rotatable bonds is 5. The van der Waals surface area contributed by atoms with E-state index in [1.165, 1.54) is 0 Å². The molecule has 1 fully saturated rings. The number of carboxylic acid groups (broad SMARTS) is 1. The number of nitrogens with two attached hydrogens (primary N) is 1. The standard InChI is InChI=1S/C13H17NO3/c14-11(7-12(15)16)10-3-1-2-9(6-10)8-13(17)4-5-13/h1-3,6,11,17H,4-5,7-8,14H2,(H,15,16). The fraction of sp³-hybridized carbons (Fsp3) is 0.462. The van der Waals surface area contributed by atoms with Gasteiger partial charge in [-0.3, -0.25) is 4.79 Å². The van der Waals surface area contributed by atoms with E-state index in [-0.39, 0.29) is 6.42 Å². The van der Waals surface area contributed by atoms with Crippen molar-refractivity contribution in [3.8, 4) is 0 Å². The molecule has 92 valence electrons. The van der Waals surface area contributed by atoms with Crippen LogP contribution in [-0.2, 0) is 11.2 Å². The molecule has 4 nitrogen and oxygen atoms in total. The highest BCUT2D eigenvalue weighted by molar-refractivity contribution is 5.67. The van der Waals surface area contributed by atoms with Crippen LogP contribution in [0.15, 0.2) is 24.3 Å². The lowest BCUT2D eigenvalue weighted by atomic mass is 9.99. The van der Waals surface area contributed by atoms with Gasteiger partial charge in [0, 0.05) is 12.5 Å². The number of hydrogen-bond donors (Lipinski definition) is 3. The van der Waals surface area contributed by atoms with E-state index in [4.69, 9.17) is 10.8 Å². The Labute approximate surface area is 100 Å². The largest absolute Gasteiger partial charge is 0.481 e. The Balaban J connectivity index is 2.07. The van der Waals surface area contributed by atoms with E-state index in [1.54, 1.807) is 0 Å². The van der Waals surface area contributed by atoms with Crippen LogP contribution in [0.1, 0.15) is 36.4 Å². The SMILES string of the molecule is NC(CC(=O)O)c1cccc(CC2(O)CC2)c1. The summed E-state index contributed by atoms with van der Waals surface area (Å²) in [6, 6.07) is 7.03. The summed E-state index contributed by atoms with van der Waals surface area (Å²) in [6.45, 7) is 0. The minimum absolute atomic E-state index is 0.0757. The van der Waals surface area contributed by atoms with Gasteiger partial charge < -0.3 is 15.9 Å². The Hall–Kier alpha value is -1.39. The molecule has 2 rings (SSSR count). The third kappa shape index (κ3) is 3.28. The smallest absolute Gasteiger partial charge is 0.305 e. The normalized spacial score (nSPS) is 18.7. The highest BCUT2D eigenvalue weighted by atomic mass is 16.4. The summed E-state index contributed by atoms with van der Waals surface area (Å²) >= 11 is 0. The molecule has 1 atom stereocenters. The van der Waals surface area contributed by atoms with Crippen LogP contribution in [0.4, 0.5) is 0 Å². The van der Waals surface area contributed by atoms with Crippen LogP contribution in [0.2, 0.25) is 0 Å². The van der Waals surface area contributed by atoms with Crippen LogP contribution in [-0.4, -0.2) is 21.8 Å². The Morgan fingerprint density at radius 1 is 1.47 bits per heavy atom. The van der Waals surface area contributed by atoms with E-state index in [2.05, 4.69) is 0 Å². The van der Waals surface area contributed by atoms with Crippen molar-refractivity contribution >= 4 is 5.97 Å². The zero-order valence-electron chi connectivity index (χ0n) is 9.60. The molecule has 0 amide bonds. The van der Waals surface area contributed by atoms with E-state index >= 15 is 0 Å². The van der Waals surface area contributed by atoms with Gasteiger partial charge in [0.05, 0.1) is 12.0 Å². The fourth-order valence-corrected chi connectivity index (χ4v) is 1.94. The van der Waals surface area contributed by atoms with Crippen LogP contribution in [0.25, 0.3) is 0 Å². The summed E-state index contributed by atoms with van der Waals surface area (Å²) < 4.78 is 0. The first-order valence-corrected chi connectivity index (χ1v) is 5.77. The van der Waals surface area contributed by atoms with E-state index in [0.717, 1.165) is 24.0 Å². The molecule has 0 saturated heterocycles. The quantitative estimate of drug-likeness (QED) is 0.716. The van der Waals surface area contributed by atoms with Crippen molar-refractivity contribution in [2.24, 2.45) is 5.73 Å². The van der Waals surface area contributed by atoms with Crippen LogP contribution in [0, 0.1) is 0 Å². The van der Waals surface area contributed by atoms with Crippen molar-refractivity contribution in [2.75, 3.05) is 0 Å². The van der Waals surface area contributed by atoms with Gasteiger partial charge in [0.1, 0.15) is 0 Å². The molecule has 1 unspecified atom stereocenters. The van der Waals surface area contributed by atoms with Gasteiger partial charge in [-0.15, -0.1) is 0 Å². The van der Waals surface area contributed by atoms with E-state index < -0.39 is 17.6 Å². The van der Waals surface area contributed by atoms with Crippen molar-refractivity contribution in [3.63, 3.8) is 0 Å². The second-order valence-electron chi connectivity index (χ2n) is 4.85. The van der Waals surface area contributed by atoms with Gasteiger partial charge in [0.15, 0.2) is 0 Å². The monoisotopic (exact) mass is 235 g/mol. The highest BCUT2D eigenvalue weighted by Crippen LogP contribution is 2.38. The van der Waals surface area contributed by atoms with Crippen LogP contribution < -0.4 is 5.73 Å². The van der Waals surface area contributed by atoms with Crippen molar-refractivity contribution in [2.45, 2.75) is 37.3 Å². The fourth-order valence-electron chi connectivity index (χ4n) is 1.94. The van der Waals surface area contributed by atoms with Gasteiger partial charge >= 0.3 is 5.97 Å². The molecule has 0 bridgehead atoms. The lowest BCUT2D eigenvalue weighted by molar-refractivity contribution is -0.137. The van der Waals surface area contributed by atoms with Crippen molar-refractivity contribution in [1.29, 1.82) is 0 Å². The third-order valence-corrected chi connectivity index (χ3v) is 3.13. The molecule has 1 aromatic carbocycles. The van der Waals surface area contributed by atoms with Gasteiger partial charge in [-0.1, -0.05) is 24.3 Å². The van der Waals surface area contributed by atoms with Crippen molar-refractivity contribution in [3.05, 3.63) is 35.4 Å². The molecule has 1 aliphatic rings. The Morgan fingerprint density at radius 3 is 2.76 bits per heavy atom. The third-order valence-electron chi connectivity index (χ3n) is 3.13. The van der Waals surface area contributed by atoms with E-state index in [1.807, 2.05) is 24.3 Å². The maximum absolute atomic E-state index is 10.6. The second-order valence-corrected chi connectivity index (χ2v) is 4.85. The maximum atomic E-state index is 10.6. The average molecular weight is 235 g/mol. The molecule has 0 aromatic heterocycles. The molecule has 4 N–H and O–H groups in total. The minimum atomic E-state index is -0.899. The van der Waals surface area contributed by atoms with Gasteiger partial charge in [-0.25, -0.2) is 0 Å². The Morgan fingerprint density at radius 2 is 2.18 bits per heavy atom. The summed E-state index contributed by atoms with van der Waals surface area (Å²) in [5.41, 5.74) is 7.10. The average Bonchev–Trinajstić information content (AvgIpc) is 2.95. The first-order valence-electron chi connectivity index (χ1n) is 5.77. The molecule has 1 aromatic rings. The molecule has 4 heteroatoms. The number of aliphatic hydroxyl groups is 1. The van der Waals surface area contributed by atoms with Crippen molar-refractivity contribution < 1.29 is 15.0 Å². The molecule has 0 spiro atoms. The van der Waals surface area contributed by atoms with Gasteiger partial charge in [-0.05, 0) is 24.0 Å². The molecule has 17 heavy (non-hydrogen) atoms. The number of aliphatic carboxylic acids is 1. The summed E-state index contributed by atoms with van der Waals surface area (Å²) in [4.78, 5) is 10.6. The molecule has 0 heterocycles. The second kappa shape index (κ2) is 4.47. The maximum Gasteiger partial charge on any atom is 0.305 e. The molecule has 0 aliphatic heterocycles. The zero-order valence-corrected chi connectivity index (χ0v) is 9.60. The Bertz CT molecular complexity index is 426. The molecule has 0 radical (unpaired) electrons. The molecule has 1 saturated carbocycles. The number of carboxylic acids is 1. The summed E-state index contributed by atoms with van der Waals surface area (Å²) in [7, 11) is 0. The summed E-state index contributed by atoms with van der Waals surface area (Å²) in [6.07, 6.45) is 2.24. The number of carbonyl (C=O) groups is 1. The molecular formula is C13H17NO3. The lowest BCUT2D eigenvalue weighted by Gasteiger charge is -2.12. The van der Waals surface area contributed by atoms with Gasteiger partial charge in [0.2, 0.25) is 0 Å². The van der Waals surface area contributed by atoms with Gasteiger partial charge in [0.25, 0.3) is 0 Å². The van der Waals surface area contributed by atoms with Gasteiger partial charge in [-0.2, -0.15) is 0 Å². The molecule has 1 aliphatic carbocycles. The van der Waals surface area contributed by atoms with Crippen molar-refractivity contribution in [1.82, 2.24) is 0 Å². The summed E-state index contributed by atoms with van der Waals surface area (Å²) in [5.74, 6) is -0.899. The van der Waals surface area contributed by atoms with Crippen LogP contribution in [0.3, 0.4) is 0 Å². The Kier molecular flexibility index (Phi) is 3.17. The number of hydrogen-bond acceptors (Lipinski definition) is 3. The van der Waals surface area contributed by atoms with E-state index in [9.17, 15) is 9.90 Å². The lowest BCUT2D eigenvalue weighted by Crippen LogP contribution is -2.16. The topological polar surface area (TPSA) is 83.6 Å². The first-order chi connectivity index (χ1) is 7.98. The van der Waals surface area contributed by atoms with E-state index in [0.29, 0.717) is 6.42 Å².